The third kappa shape index (κ3) is 5.42. The number of piperidine rings is 2. The minimum atomic E-state index is -3.48. The van der Waals surface area contributed by atoms with Crippen LogP contribution in [0.5, 0.6) is 0 Å². The van der Waals surface area contributed by atoms with Crippen molar-refractivity contribution in [2.45, 2.75) is 32.1 Å². The van der Waals surface area contributed by atoms with Crippen LogP contribution in [0.4, 0.5) is 0 Å². The Morgan fingerprint density at radius 2 is 1.69 bits per heavy atom. The van der Waals surface area contributed by atoms with E-state index >= 15 is 0 Å². The van der Waals surface area contributed by atoms with Gasteiger partial charge in [-0.1, -0.05) is 18.2 Å². The number of amides is 1. The van der Waals surface area contributed by atoms with E-state index in [0.29, 0.717) is 64.7 Å². The molecule has 0 bridgehead atoms. The number of ether oxygens (including phenoxy) is 1. The van der Waals surface area contributed by atoms with Gasteiger partial charge < -0.3 is 9.64 Å². The summed E-state index contributed by atoms with van der Waals surface area (Å²) in [7, 11) is -3.48. The minimum Gasteiger partial charge on any atom is -0.379 e. The van der Waals surface area contributed by atoms with Crippen LogP contribution < -0.4 is 0 Å². The highest BCUT2D eigenvalue weighted by Gasteiger charge is 2.37. The molecule has 0 spiro atoms. The van der Waals surface area contributed by atoms with Crippen LogP contribution in [0.1, 0.15) is 31.5 Å². The van der Waals surface area contributed by atoms with E-state index in [1.165, 1.54) is 8.61 Å². The first-order valence-corrected chi connectivity index (χ1v) is 14.0. The van der Waals surface area contributed by atoms with Gasteiger partial charge in [-0.3, -0.25) is 9.36 Å². The van der Waals surface area contributed by atoms with Crippen LogP contribution in [0.2, 0.25) is 0 Å². The fourth-order valence-electron chi connectivity index (χ4n) is 5.42. The predicted octanol–water partition coefficient (Wildman–Crippen LogP) is 1.34. The third-order valence-corrected chi connectivity index (χ3v) is 9.42. The lowest BCUT2D eigenvalue weighted by molar-refractivity contribution is -0.138. The van der Waals surface area contributed by atoms with Crippen molar-refractivity contribution in [3.05, 3.63) is 42.5 Å². The molecule has 5 rings (SSSR count). The van der Waals surface area contributed by atoms with Crippen molar-refractivity contribution >= 4 is 16.1 Å². The van der Waals surface area contributed by atoms with E-state index in [1.807, 2.05) is 39.8 Å². The summed E-state index contributed by atoms with van der Waals surface area (Å²) >= 11 is 0. The summed E-state index contributed by atoms with van der Waals surface area (Å²) < 4.78 is 36.2. The average molecular weight is 503 g/mol. The van der Waals surface area contributed by atoms with Crippen molar-refractivity contribution in [2.24, 2.45) is 11.8 Å². The molecule has 3 aliphatic heterocycles. The molecule has 4 heterocycles. The summed E-state index contributed by atoms with van der Waals surface area (Å²) in [4.78, 5) is 15.3. The monoisotopic (exact) mass is 502 g/mol. The van der Waals surface area contributed by atoms with Gasteiger partial charge in [0, 0.05) is 57.3 Å². The number of aromatic nitrogens is 3. The van der Waals surface area contributed by atoms with Crippen molar-refractivity contribution in [2.75, 3.05) is 52.5 Å². The fraction of sp³-hybridized carbons (Fsp3) is 0.625. The van der Waals surface area contributed by atoms with E-state index in [-0.39, 0.29) is 11.8 Å². The number of benzene rings is 1. The highest BCUT2D eigenvalue weighted by molar-refractivity contribution is 7.86. The quantitative estimate of drug-likeness (QED) is 0.591. The molecule has 10 nitrogen and oxygen atoms in total. The zero-order valence-corrected chi connectivity index (χ0v) is 20.9. The number of nitrogens with zero attached hydrogens (tertiary/aromatic N) is 6. The number of carbonyl (C=O) groups is 1. The molecule has 1 unspecified atom stereocenters. The van der Waals surface area contributed by atoms with Crippen molar-refractivity contribution in [1.29, 1.82) is 0 Å². The van der Waals surface area contributed by atoms with Gasteiger partial charge in [0.2, 0.25) is 5.91 Å². The summed E-state index contributed by atoms with van der Waals surface area (Å²) in [6, 6.07) is 10.1. The normalized spacial score (nSPS) is 23.4. The van der Waals surface area contributed by atoms with E-state index in [9.17, 15) is 13.2 Å². The number of rotatable bonds is 6. The Labute approximate surface area is 207 Å². The Bertz CT molecular complexity index is 1090. The molecule has 0 N–H and O–H groups in total. The maximum absolute atomic E-state index is 13.3. The molecule has 0 radical (unpaired) electrons. The first-order valence-electron chi connectivity index (χ1n) is 12.6. The lowest BCUT2D eigenvalue weighted by Gasteiger charge is -2.39. The summed E-state index contributed by atoms with van der Waals surface area (Å²) in [5, 5.41) is 8.47. The summed E-state index contributed by atoms with van der Waals surface area (Å²) in [5.74, 6) is 1.30. The first kappa shape index (κ1) is 24.4. The van der Waals surface area contributed by atoms with Gasteiger partial charge in [0.05, 0.1) is 13.2 Å². The van der Waals surface area contributed by atoms with Crippen molar-refractivity contribution < 1.29 is 17.9 Å². The molecule has 11 heteroatoms. The largest absolute Gasteiger partial charge is 0.379 e. The molecule has 1 amide bonds. The Morgan fingerprint density at radius 1 is 0.971 bits per heavy atom. The fourth-order valence-corrected chi connectivity index (χ4v) is 7.03. The van der Waals surface area contributed by atoms with Crippen molar-refractivity contribution in [3.8, 4) is 5.69 Å². The molecule has 3 saturated heterocycles. The van der Waals surface area contributed by atoms with E-state index < -0.39 is 10.2 Å². The number of morpholine rings is 1. The van der Waals surface area contributed by atoms with Crippen LogP contribution in [0.25, 0.3) is 5.69 Å². The molecule has 1 aromatic carbocycles. The van der Waals surface area contributed by atoms with Crippen LogP contribution in [0.3, 0.4) is 0 Å². The van der Waals surface area contributed by atoms with Crippen molar-refractivity contribution in [3.63, 3.8) is 0 Å². The average Bonchev–Trinajstić information content (AvgIpc) is 3.37. The molecule has 190 valence electrons. The topological polar surface area (TPSA) is 101 Å². The van der Waals surface area contributed by atoms with Gasteiger partial charge in [-0.05, 0) is 43.7 Å². The maximum Gasteiger partial charge on any atom is 0.282 e. The van der Waals surface area contributed by atoms with Gasteiger partial charge in [-0.25, -0.2) is 0 Å². The maximum atomic E-state index is 13.3. The predicted molar refractivity (Wildman–Crippen MR) is 130 cm³/mol. The third-order valence-electron chi connectivity index (χ3n) is 7.38. The molecule has 0 aliphatic carbocycles. The molecular weight excluding hydrogens is 468 g/mol. The number of hydrogen-bond donors (Lipinski definition) is 0. The molecule has 0 saturated carbocycles. The second kappa shape index (κ2) is 10.7. The Hall–Kier alpha value is -2.34. The second-order valence-electron chi connectivity index (χ2n) is 9.64. The van der Waals surface area contributed by atoms with Gasteiger partial charge in [0.1, 0.15) is 12.2 Å². The number of para-hydroxylation sites is 1. The van der Waals surface area contributed by atoms with Gasteiger partial charge in [0.25, 0.3) is 10.2 Å². The van der Waals surface area contributed by atoms with Gasteiger partial charge in [0.15, 0.2) is 0 Å². The Kier molecular flexibility index (Phi) is 7.47. The smallest absolute Gasteiger partial charge is 0.282 e. The number of carbonyl (C=O) groups excluding carboxylic acids is 1. The molecule has 1 atom stereocenters. The number of hydrogen-bond acceptors (Lipinski definition) is 6. The highest BCUT2D eigenvalue weighted by Crippen LogP contribution is 2.27. The Morgan fingerprint density at radius 3 is 2.43 bits per heavy atom. The summed E-state index contributed by atoms with van der Waals surface area (Å²) in [6.45, 7) is 3.95. The van der Waals surface area contributed by atoms with E-state index in [0.717, 1.165) is 37.3 Å². The van der Waals surface area contributed by atoms with Gasteiger partial charge in [-0.15, -0.1) is 10.2 Å². The van der Waals surface area contributed by atoms with E-state index in [4.69, 9.17) is 4.74 Å². The molecule has 3 fully saturated rings. The summed E-state index contributed by atoms with van der Waals surface area (Å²) in [5.41, 5.74) is 1.04. The minimum absolute atomic E-state index is 0.113. The SMILES string of the molecule is O=C(C1CCN(S(=O)(=O)N2CCOCC2)CC1)N1CCCC(Cc2nncn2-c2ccccc2)C1. The Balaban J connectivity index is 1.16. The molecule has 1 aromatic heterocycles. The molecule has 35 heavy (non-hydrogen) atoms. The lowest BCUT2D eigenvalue weighted by atomic mass is 9.91. The molecular formula is C24H34N6O4S. The number of likely N-dealkylation sites (tertiary alicyclic amines) is 1. The zero-order chi connectivity index (χ0) is 24.3. The lowest BCUT2D eigenvalue weighted by Crippen LogP contribution is -2.52. The van der Waals surface area contributed by atoms with Crippen molar-refractivity contribution in [1.82, 2.24) is 28.3 Å². The molecule has 2 aromatic rings. The zero-order valence-electron chi connectivity index (χ0n) is 20.0. The highest BCUT2D eigenvalue weighted by atomic mass is 32.2. The van der Waals surface area contributed by atoms with Crippen LogP contribution in [-0.4, -0.2) is 95.1 Å². The van der Waals surface area contributed by atoms with Gasteiger partial charge in [-0.2, -0.15) is 17.0 Å². The molecule has 3 aliphatic rings. The van der Waals surface area contributed by atoms with Crippen LogP contribution in [0.15, 0.2) is 36.7 Å². The van der Waals surface area contributed by atoms with Crippen LogP contribution in [-0.2, 0) is 26.2 Å². The van der Waals surface area contributed by atoms with Crippen LogP contribution >= 0.6 is 0 Å². The second-order valence-corrected chi connectivity index (χ2v) is 11.6. The van der Waals surface area contributed by atoms with E-state index in [1.54, 1.807) is 6.33 Å². The first-order chi connectivity index (χ1) is 17.0. The summed E-state index contributed by atoms with van der Waals surface area (Å²) in [6.07, 6.45) is 5.70. The standard InChI is InChI=1S/C24H34N6O4S/c31-24(21-8-11-28(12-9-21)35(32,33)29-13-15-34-16-14-29)27-10-4-5-20(18-27)17-23-26-25-19-30(23)22-6-2-1-3-7-22/h1-3,6-7,19-21H,4-5,8-18H2. The van der Waals surface area contributed by atoms with Gasteiger partial charge >= 0.3 is 0 Å². The van der Waals surface area contributed by atoms with Crippen LogP contribution in [0, 0.1) is 11.8 Å². The van der Waals surface area contributed by atoms with E-state index in [2.05, 4.69) is 10.2 Å².